The summed E-state index contributed by atoms with van der Waals surface area (Å²) >= 11 is 0.975. The fourth-order valence-electron chi connectivity index (χ4n) is 3.02. The van der Waals surface area contributed by atoms with Gasteiger partial charge in [-0.15, -0.1) is 11.3 Å². The molecule has 0 aliphatic carbocycles. The van der Waals surface area contributed by atoms with Crippen LogP contribution in [0.3, 0.4) is 0 Å². The van der Waals surface area contributed by atoms with E-state index in [1.165, 1.54) is 0 Å². The molecule has 2 aromatic heterocycles. The van der Waals surface area contributed by atoms with E-state index in [4.69, 9.17) is 0 Å². The van der Waals surface area contributed by atoms with E-state index < -0.39 is 17.7 Å². The van der Waals surface area contributed by atoms with Gasteiger partial charge in [-0.1, -0.05) is 0 Å². The minimum absolute atomic E-state index is 0.0131. The van der Waals surface area contributed by atoms with Gasteiger partial charge in [-0.2, -0.15) is 13.2 Å². The van der Waals surface area contributed by atoms with E-state index in [0.29, 0.717) is 17.8 Å². The maximum Gasteiger partial charge on any atom is 0.416 e. The highest BCUT2D eigenvalue weighted by Gasteiger charge is 2.35. The molecule has 0 spiro atoms. The van der Waals surface area contributed by atoms with Gasteiger partial charge in [0.05, 0.1) is 16.4 Å². The Morgan fingerprint density at radius 1 is 1.26 bits per heavy atom. The number of thiazole rings is 1. The van der Waals surface area contributed by atoms with Gasteiger partial charge in [0.1, 0.15) is 10.6 Å². The number of amides is 1. The van der Waals surface area contributed by atoms with Crippen molar-refractivity contribution in [2.45, 2.75) is 25.4 Å². The van der Waals surface area contributed by atoms with Gasteiger partial charge in [0, 0.05) is 19.2 Å². The van der Waals surface area contributed by atoms with Gasteiger partial charge in [0.25, 0.3) is 11.6 Å². The molecule has 27 heavy (non-hydrogen) atoms. The second kappa shape index (κ2) is 6.48. The molecule has 0 radical (unpaired) electrons. The second-order valence-corrected chi connectivity index (χ2v) is 7.18. The number of hydrogen-bond acceptors (Lipinski definition) is 6. The molecule has 1 fully saturated rings. The van der Waals surface area contributed by atoms with E-state index in [2.05, 4.69) is 14.8 Å². The third-order valence-corrected chi connectivity index (χ3v) is 5.40. The molecule has 0 bridgehead atoms. The molecule has 142 valence electrons. The summed E-state index contributed by atoms with van der Waals surface area (Å²) in [5, 5.41) is 14.8. The van der Waals surface area contributed by atoms with Crippen molar-refractivity contribution in [1.29, 1.82) is 0 Å². The highest BCUT2D eigenvalue weighted by molar-refractivity contribution is 7.20. The standard InChI is InChI=1S/C16H13F3N4O3S/c17-16(18,19)9-6-10-13(11(7-9)23-8-12(24)26-21-23)27-14(20-10)15(25)22-4-2-1-3-5-22/h6-8H,1-5H2. The van der Waals surface area contributed by atoms with Crippen molar-refractivity contribution in [1.82, 2.24) is 15.2 Å². The Labute approximate surface area is 154 Å². The number of aromatic nitrogens is 3. The zero-order chi connectivity index (χ0) is 19.2. The molecular formula is C16H13F3N4O3S. The first-order chi connectivity index (χ1) is 12.8. The van der Waals surface area contributed by atoms with Gasteiger partial charge in [0.2, 0.25) is 6.20 Å². The Morgan fingerprint density at radius 3 is 2.63 bits per heavy atom. The summed E-state index contributed by atoms with van der Waals surface area (Å²) in [7, 11) is 0. The number of carbonyl (C=O) groups excluding carboxylic acids is 1. The van der Waals surface area contributed by atoms with Crippen LogP contribution in [0.4, 0.5) is 13.2 Å². The Kier molecular flexibility index (Phi) is 4.25. The van der Waals surface area contributed by atoms with Crippen LogP contribution in [0.15, 0.2) is 22.9 Å². The highest BCUT2D eigenvalue weighted by Crippen LogP contribution is 2.35. The number of benzene rings is 1. The van der Waals surface area contributed by atoms with Crippen LogP contribution in [0.2, 0.25) is 0 Å². The average molecular weight is 398 g/mol. The molecule has 1 aliphatic rings. The van der Waals surface area contributed by atoms with E-state index >= 15 is 0 Å². The molecule has 7 nitrogen and oxygen atoms in total. The number of hydrogen-bond donors (Lipinski definition) is 0. The van der Waals surface area contributed by atoms with Gasteiger partial charge in [-0.3, -0.25) is 4.79 Å². The number of halogens is 3. The van der Waals surface area contributed by atoms with Crippen LogP contribution < -0.4 is 9.79 Å². The molecule has 3 aromatic rings. The molecule has 0 saturated carbocycles. The molecule has 11 heteroatoms. The molecule has 0 atom stereocenters. The van der Waals surface area contributed by atoms with Crippen LogP contribution in [0.1, 0.15) is 34.6 Å². The minimum atomic E-state index is -4.62. The number of nitrogens with zero attached hydrogens (tertiary/aromatic N) is 4. The van der Waals surface area contributed by atoms with Crippen LogP contribution in [-0.4, -0.2) is 34.2 Å². The number of piperidine rings is 1. The Hall–Kier alpha value is -2.69. The SMILES string of the molecule is O=C(c1nc2cc(C(F)(F)F)cc(-[n+]3cc([O-])on3)c2s1)N1CCCCC1. The maximum atomic E-state index is 13.3. The van der Waals surface area contributed by atoms with Crippen molar-refractivity contribution >= 4 is 27.5 Å². The molecular weight excluding hydrogens is 385 g/mol. The molecule has 0 N–H and O–H groups in total. The maximum absolute atomic E-state index is 13.3. The van der Waals surface area contributed by atoms with Crippen molar-refractivity contribution in [3.05, 3.63) is 28.9 Å². The van der Waals surface area contributed by atoms with E-state index in [1.807, 2.05) is 0 Å². The molecule has 3 heterocycles. The zero-order valence-corrected chi connectivity index (χ0v) is 14.6. The predicted molar refractivity (Wildman–Crippen MR) is 85.4 cm³/mol. The number of fused-ring (bicyclic) bond motifs is 1. The summed E-state index contributed by atoms with van der Waals surface area (Å²) < 4.78 is 45.4. The zero-order valence-electron chi connectivity index (χ0n) is 13.8. The predicted octanol–water partition coefficient (Wildman–Crippen LogP) is 2.28. The lowest BCUT2D eigenvalue weighted by Gasteiger charge is -2.25. The molecule has 4 rings (SSSR count). The molecule has 1 saturated heterocycles. The van der Waals surface area contributed by atoms with Crippen molar-refractivity contribution in [3.8, 4) is 11.6 Å². The van der Waals surface area contributed by atoms with Gasteiger partial charge >= 0.3 is 6.18 Å². The van der Waals surface area contributed by atoms with Crippen LogP contribution in [0.5, 0.6) is 5.95 Å². The number of rotatable bonds is 2. The van der Waals surface area contributed by atoms with E-state index in [1.54, 1.807) is 4.90 Å². The minimum Gasteiger partial charge on any atom is -0.539 e. The van der Waals surface area contributed by atoms with Gasteiger partial charge in [-0.25, -0.2) is 4.98 Å². The third kappa shape index (κ3) is 3.34. The van der Waals surface area contributed by atoms with Gasteiger partial charge in [-0.05, 0) is 30.0 Å². The summed E-state index contributed by atoms with van der Waals surface area (Å²) in [5.74, 6) is -1.10. The monoisotopic (exact) mass is 398 g/mol. The van der Waals surface area contributed by atoms with Crippen LogP contribution in [-0.2, 0) is 6.18 Å². The lowest BCUT2D eigenvalue weighted by atomic mass is 10.1. The Morgan fingerprint density at radius 2 is 2.00 bits per heavy atom. The first-order valence-electron chi connectivity index (χ1n) is 8.20. The lowest BCUT2D eigenvalue weighted by Crippen LogP contribution is -2.35. The smallest absolute Gasteiger partial charge is 0.416 e. The number of likely N-dealkylation sites (tertiary alicyclic amines) is 1. The van der Waals surface area contributed by atoms with Crippen molar-refractivity contribution in [2.24, 2.45) is 0 Å². The third-order valence-electron chi connectivity index (χ3n) is 4.32. The Balaban J connectivity index is 1.84. The molecule has 1 amide bonds. The fourth-order valence-corrected chi connectivity index (χ4v) is 4.04. The van der Waals surface area contributed by atoms with E-state index in [9.17, 15) is 23.1 Å². The summed E-state index contributed by atoms with van der Waals surface area (Å²) in [6.45, 7) is 1.21. The van der Waals surface area contributed by atoms with Gasteiger partial charge in [0.15, 0.2) is 5.01 Å². The average Bonchev–Trinajstić information content (AvgIpc) is 3.26. The van der Waals surface area contributed by atoms with Crippen molar-refractivity contribution in [3.63, 3.8) is 0 Å². The van der Waals surface area contributed by atoms with Crippen LogP contribution in [0, 0.1) is 0 Å². The first kappa shape index (κ1) is 17.7. The summed E-state index contributed by atoms with van der Waals surface area (Å²) in [6.07, 6.45) is -0.861. The normalized spacial score (nSPS) is 15.4. The number of alkyl halides is 3. The Bertz CT molecular complexity index is 1010. The van der Waals surface area contributed by atoms with Crippen LogP contribution in [0.25, 0.3) is 15.9 Å². The molecule has 1 aliphatic heterocycles. The van der Waals surface area contributed by atoms with Crippen LogP contribution >= 0.6 is 11.3 Å². The quantitative estimate of drug-likeness (QED) is 0.618. The summed E-state index contributed by atoms with van der Waals surface area (Å²) in [6, 6.07) is 1.75. The second-order valence-electron chi connectivity index (χ2n) is 6.18. The highest BCUT2D eigenvalue weighted by atomic mass is 32.1. The van der Waals surface area contributed by atoms with Crippen molar-refractivity contribution < 1.29 is 32.3 Å². The molecule has 1 aromatic carbocycles. The van der Waals surface area contributed by atoms with Gasteiger partial charge < -0.3 is 14.5 Å². The van der Waals surface area contributed by atoms with Crippen molar-refractivity contribution in [2.75, 3.05) is 13.1 Å². The molecule has 0 unspecified atom stereocenters. The lowest BCUT2D eigenvalue weighted by molar-refractivity contribution is -0.669. The van der Waals surface area contributed by atoms with E-state index in [0.717, 1.165) is 53.6 Å². The topological polar surface area (TPSA) is 86.2 Å². The summed E-state index contributed by atoms with van der Waals surface area (Å²) in [4.78, 5) is 18.5. The van der Waals surface area contributed by atoms with E-state index in [-0.39, 0.29) is 22.1 Å². The largest absolute Gasteiger partial charge is 0.539 e. The first-order valence-corrected chi connectivity index (χ1v) is 9.02. The fraction of sp³-hybridized carbons (Fsp3) is 0.375. The summed E-state index contributed by atoms with van der Waals surface area (Å²) in [5.41, 5.74) is -0.941. The number of carbonyl (C=O) groups is 1.